The number of hydrogen-bond acceptors (Lipinski definition) is 7. The molecule has 4 heterocycles. The molecule has 0 N–H and O–H groups in total. The van der Waals surface area contributed by atoms with E-state index in [0.717, 1.165) is 23.6 Å². The molecule has 2 aromatic heterocycles. The number of halogens is 3. The number of aromatic nitrogens is 2. The Labute approximate surface area is 201 Å². The Morgan fingerprint density at radius 2 is 1.94 bits per heavy atom. The summed E-state index contributed by atoms with van der Waals surface area (Å²) in [5.41, 5.74) is 1.35. The standard InChI is InChI=1S/C23H17F3N6O2S/c1-12-22(35-21(8-27)30-12)18-7-20(17(26)9-28-18)34-16-10-31(11-16)23(33)32-19(2-3-29-32)13-4-14(24)6-15(25)5-13/h3-7,9,16,19H,2,10-11H2,1H3/t19-/m0/s1. The van der Waals surface area contributed by atoms with Crippen molar-refractivity contribution in [2.24, 2.45) is 5.10 Å². The Kier molecular flexibility index (Phi) is 5.86. The van der Waals surface area contributed by atoms with Crippen LogP contribution in [0.3, 0.4) is 0 Å². The van der Waals surface area contributed by atoms with Gasteiger partial charge in [0.1, 0.15) is 23.8 Å². The van der Waals surface area contributed by atoms with Crippen LogP contribution in [0.5, 0.6) is 5.75 Å². The van der Waals surface area contributed by atoms with E-state index in [9.17, 15) is 18.0 Å². The average Bonchev–Trinajstić information content (AvgIpc) is 3.43. The van der Waals surface area contributed by atoms with Crippen LogP contribution in [0.15, 0.2) is 35.6 Å². The molecule has 0 aliphatic carbocycles. The van der Waals surface area contributed by atoms with Crippen molar-refractivity contribution in [3.8, 4) is 22.4 Å². The molecular formula is C23H17F3N6O2S. The van der Waals surface area contributed by atoms with Gasteiger partial charge in [-0.05, 0) is 24.6 Å². The quantitative estimate of drug-likeness (QED) is 0.531. The maximum atomic E-state index is 14.4. The third-order valence-corrected chi connectivity index (χ3v) is 6.74. The highest BCUT2D eigenvalue weighted by atomic mass is 32.1. The number of nitriles is 1. The number of hydrazone groups is 1. The second kappa shape index (κ2) is 8.99. The van der Waals surface area contributed by atoms with Gasteiger partial charge in [-0.25, -0.2) is 28.0 Å². The van der Waals surface area contributed by atoms with Gasteiger partial charge in [-0.1, -0.05) is 0 Å². The zero-order valence-electron chi connectivity index (χ0n) is 18.3. The molecule has 2 aliphatic rings. The maximum Gasteiger partial charge on any atom is 0.341 e. The average molecular weight is 498 g/mol. The zero-order valence-corrected chi connectivity index (χ0v) is 19.1. The molecule has 2 amide bonds. The number of thiazole rings is 1. The van der Waals surface area contributed by atoms with Gasteiger partial charge in [0.2, 0.25) is 0 Å². The van der Waals surface area contributed by atoms with Gasteiger partial charge in [0.25, 0.3) is 0 Å². The first-order valence-electron chi connectivity index (χ1n) is 10.6. The Hall–Kier alpha value is -3.98. The number of carbonyl (C=O) groups is 1. The minimum atomic E-state index is -0.729. The van der Waals surface area contributed by atoms with Gasteiger partial charge >= 0.3 is 6.03 Å². The number of benzene rings is 1. The fourth-order valence-corrected chi connectivity index (χ4v) is 4.78. The Morgan fingerprint density at radius 1 is 1.20 bits per heavy atom. The third-order valence-electron chi connectivity index (χ3n) is 5.65. The molecular weight excluding hydrogens is 481 g/mol. The van der Waals surface area contributed by atoms with E-state index in [-0.39, 0.29) is 23.8 Å². The number of pyridine rings is 1. The summed E-state index contributed by atoms with van der Waals surface area (Å²) >= 11 is 1.15. The van der Waals surface area contributed by atoms with Crippen molar-refractivity contribution in [1.82, 2.24) is 19.9 Å². The number of carbonyl (C=O) groups excluding carboxylic acids is 1. The fraction of sp³-hybridized carbons (Fsp3) is 0.261. The molecule has 2 aliphatic heterocycles. The maximum absolute atomic E-state index is 14.4. The lowest BCUT2D eigenvalue weighted by Crippen LogP contribution is -2.58. The van der Waals surface area contributed by atoms with Gasteiger partial charge in [0.15, 0.2) is 16.6 Å². The zero-order chi connectivity index (χ0) is 24.7. The van der Waals surface area contributed by atoms with Crippen LogP contribution in [0.2, 0.25) is 0 Å². The van der Waals surface area contributed by atoms with Gasteiger partial charge in [0, 0.05) is 24.8 Å². The number of amides is 2. The van der Waals surface area contributed by atoms with E-state index >= 15 is 0 Å². The molecule has 1 atom stereocenters. The van der Waals surface area contributed by atoms with Gasteiger partial charge in [-0.3, -0.25) is 4.98 Å². The van der Waals surface area contributed by atoms with Gasteiger partial charge in [0.05, 0.1) is 41.6 Å². The third kappa shape index (κ3) is 4.42. The highest BCUT2D eigenvalue weighted by Crippen LogP contribution is 2.34. The van der Waals surface area contributed by atoms with Gasteiger partial charge in [-0.15, -0.1) is 11.3 Å². The van der Waals surface area contributed by atoms with E-state index in [1.807, 2.05) is 6.07 Å². The molecule has 0 bridgehead atoms. The van der Waals surface area contributed by atoms with Crippen molar-refractivity contribution in [2.45, 2.75) is 25.5 Å². The summed E-state index contributed by atoms with van der Waals surface area (Å²) in [7, 11) is 0. The van der Waals surface area contributed by atoms with Crippen LogP contribution in [-0.2, 0) is 0 Å². The molecule has 0 saturated carbocycles. The molecule has 0 spiro atoms. The van der Waals surface area contributed by atoms with Crippen LogP contribution < -0.4 is 4.74 Å². The van der Waals surface area contributed by atoms with Crippen LogP contribution in [0.25, 0.3) is 10.6 Å². The SMILES string of the molecule is Cc1nc(C#N)sc1-c1cc(OC2CN(C(=O)N3N=CC[C@H]3c3cc(F)cc(F)c3)C2)c(F)cn1. The van der Waals surface area contributed by atoms with E-state index in [2.05, 4.69) is 15.1 Å². The lowest BCUT2D eigenvalue weighted by molar-refractivity contribution is 0.0256. The Bertz CT molecular complexity index is 1360. The topological polar surface area (TPSA) is 94.7 Å². The second-order valence-corrected chi connectivity index (χ2v) is 9.07. The van der Waals surface area contributed by atoms with E-state index in [1.165, 1.54) is 34.3 Å². The van der Waals surface area contributed by atoms with Crippen molar-refractivity contribution in [1.29, 1.82) is 5.26 Å². The smallest absolute Gasteiger partial charge is 0.341 e. The summed E-state index contributed by atoms with van der Waals surface area (Å²) < 4.78 is 47.4. The lowest BCUT2D eigenvalue weighted by Gasteiger charge is -2.41. The summed E-state index contributed by atoms with van der Waals surface area (Å²) in [4.78, 5) is 23.2. The van der Waals surface area contributed by atoms with E-state index in [4.69, 9.17) is 10.00 Å². The lowest BCUT2D eigenvalue weighted by atomic mass is 10.0. The van der Waals surface area contributed by atoms with E-state index in [0.29, 0.717) is 28.2 Å². The first kappa shape index (κ1) is 22.8. The summed E-state index contributed by atoms with van der Waals surface area (Å²) in [5, 5.41) is 14.6. The van der Waals surface area contributed by atoms with Crippen molar-refractivity contribution in [2.75, 3.05) is 13.1 Å². The molecule has 178 valence electrons. The van der Waals surface area contributed by atoms with Gasteiger partial charge < -0.3 is 9.64 Å². The predicted octanol–water partition coefficient (Wildman–Crippen LogP) is 4.42. The first-order chi connectivity index (χ1) is 16.8. The van der Waals surface area contributed by atoms with Crippen LogP contribution in [0.1, 0.15) is 28.7 Å². The van der Waals surface area contributed by atoms with Crippen LogP contribution >= 0.6 is 11.3 Å². The predicted molar refractivity (Wildman–Crippen MR) is 120 cm³/mol. The molecule has 12 heteroatoms. The molecule has 1 fully saturated rings. The van der Waals surface area contributed by atoms with Crippen LogP contribution in [0.4, 0.5) is 18.0 Å². The fourth-order valence-electron chi connectivity index (χ4n) is 3.95. The molecule has 8 nitrogen and oxygen atoms in total. The first-order valence-corrected chi connectivity index (χ1v) is 11.4. The molecule has 0 unspecified atom stereocenters. The van der Waals surface area contributed by atoms with Crippen molar-refractivity contribution >= 4 is 23.6 Å². The molecule has 35 heavy (non-hydrogen) atoms. The van der Waals surface area contributed by atoms with Crippen LogP contribution in [0, 0.1) is 35.7 Å². The van der Waals surface area contributed by atoms with E-state index < -0.39 is 35.6 Å². The Morgan fingerprint density at radius 3 is 2.63 bits per heavy atom. The van der Waals surface area contributed by atoms with Crippen LogP contribution in [-0.4, -0.2) is 51.3 Å². The summed E-state index contributed by atoms with van der Waals surface area (Å²) in [5.74, 6) is -2.13. The number of hydrogen-bond donors (Lipinski definition) is 0. The number of rotatable bonds is 4. The second-order valence-electron chi connectivity index (χ2n) is 8.07. The summed E-state index contributed by atoms with van der Waals surface area (Å²) in [6.07, 6.45) is 2.43. The number of aryl methyl sites for hydroxylation is 1. The Balaban J connectivity index is 1.25. The number of ether oxygens (including phenoxy) is 1. The minimum absolute atomic E-state index is 0.0225. The highest BCUT2D eigenvalue weighted by molar-refractivity contribution is 7.15. The normalized spacial score (nSPS) is 17.4. The monoisotopic (exact) mass is 498 g/mol. The number of urea groups is 1. The molecule has 1 aromatic carbocycles. The van der Waals surface area contributed by atoms with Gasteiger partial charge in [-0.2, -0.15) is 10.4 Å². The van der Waals surface area contributed by atoms with Crippen molar-refractivity contribution in [3.05, 3.63) is 64.2 Å². The number of likely N-dealkylation sites (tertiary alicyclic amines) is 1. The van der Waals surface area contributed by atoms with Crippen molar-refractivity contribution < 1.29 is 22.7 Å². The largest absolute Gasteiger partial charge is 0.483 e. The molecule has 5 rings (SSSR count). The van der Waals surface area contributed by atoms with Crippen molar-refractivity contribution in [3.63, 3.8) is 0 Å². The summed E-state index contributed by atoms with van der Waals surface area (Å²) in [6.45, 7) is 2.11. The summed E-state index contributed by atoms with van der Waals surface area (Å²) in [6, 6.07) is 5.50. The minimum Gasteiger partial charge on any atom is -0.483 e. The molecule has 3 aromatic rings. The van der Waals surface area contributed by atoms with E-state index in [1.54, 1.807) is 6.92 Å². The molecule has 0 radical (unpaired) electrons. The number of nitrogens with zero attached hydrogens (tertiary/aromatic N) is 6. The molecule has 1 saturated heterocycles. The highest BCUT2D eigenvalue weighted by Gasteiger charge is 2.39.